The summed E-state index contributed by atoms with van der Waals surface area (Å²) in [5.41, 5.74) is 1.09. The topological polar surface area (TPSA) is 42.0 Å². The highest BCUT2D eigenvalue weighted by Crippen LogP contribution is 2.22. The van der Waals surface area contributed by atoms with Crippen molar-refractivity contribution in [3.05, 3.63) is 53.6 Å². The standard InChI is InChI=1S/C20H23ClN2O3/c1-15(26-19-8-6-18(25-2)7-9-19)20(24)23-12-10-22(11-13-23)17-5-3-4-16(21)14-17/h3-9,14-15H,10-13H2,1-2H3/t15-/m1/s1. The molecule has 3 rings (SSSR count). The molecule has 1 atom stereocenters. The van der Waals surface area contributed by atoms with E-state index in [0.29, 0.717) is 18.8 Å². The molecule has 5 nitrogen and oxygen atoms in total. The smallest absolute Gasteiger partial charge is 0.263 e. The van der Waals surface area contributed by atoms with Gasteiger partial charge in [0.1, 0.15) is 11.5 Å². The first kappa shape index (κ1) is 18.4. The molecule has 0 saturated carbocycles. The maximum Gasteiger partial charge on any atom is 0.263 e. The lowest BCUT2D eigenvalue weighted by molar-refractivity contribution is -0.138. The fourth-order valence-corrected chi connectivity index (χ4v) is 3.21. The van der Waals surface area contributed by atoms with Gasteiger partial charge in [0, 0.05) is 36.9 Å². The zero-order chi connectivity index (χ0) is 18.5. The van der Waals surface area contributed by atoms with E-state index in [1.807, 2.05) is 41.3 Å². The summed E-state index contributed by atoms with van der Waals surface area (Å²) in [4.78, 5) is 16.8. The van der Waals surface area contributed by atoms with Crippen LogP contribution in [0.15, 0.2) is 48.5 Å². The predicted octanol–water partition coefficient (Wildman–Crippen LogP) is 3.46. The van der Waals surface area contributed by atoms with E-state index in [4.69, 9.17) is 21.1 Å². The molecule has 1 fully saturated rings. The fourth-order valence-electron chi connectivity index (χ4n) is 3.02. The highest BCUT2D eigenvalue weighted by Gasteiger charge is 2.26. The molecule has 1 saturated heterocycles. The van der Waals surface area contributed by atoms with E-state index >= 15 is 0 Å². The zero-order valence-corrected chi connectivity index (χ0v) is 15.8. The third-order valence-electron chi connectivity index (χ3n) is 4.48. The van der Waals surface area contributed by atoms with Crippen LogP contribution in [-0.2, 0) is 4.79 Å². The molecule has 138 valence electrons. The van der Waals surface area contributed by atoms with Crippen molar-refractivity contribution in [2.75, 3.05) is 38.2 Å². The number of ether oxygens (including phenoxy) is 2. The minimum absolute atomic E-state index is 0.00608. The van der Waals surface area contributed by atoms with Crippen LogP contribution in [0.25, 0.3) is 0 Å². The minimum Gasteiger partial charge on any atom is -0.497 e. The van der Waals surface area contributed by atoms with Gasteiger partial charge < -0.3 is 19.3 Å². The summed E-state index contributed by atoms with van der Waals surface area (Å²) < 4.78 is 10.9. The van der Waals surface area contributed by atoms with Crippen molar-refractivity contribution in [2.45, 2.75) is 13.0 Å². The molecular formula is C20H23ClN2O3. The SMILES string of the molecule is COc1ccc(O[C@H](C)C(=O)N2CCN(c3cccc(Cl)c3)CC2)cc1. The van der Waals surface area contributed by atoms with Crippen molar-refractivity contribution < 1.29 is 14.3 Å². The van der Waals surface area contributed by atoms with Gasteiger partial charge in [0.25, 0.3) is 5.91 Å². The van der Waals surface area contributed by atoms with Crippen LogP contribution in [0.4, 0.5) is 5.69 Å². The van der Waals surface area contributed by atoms with E-state index < -0.39 is 6.10 Å². The number of anilines is 1. The summed E-state index contributed by atoms with van der Waals surface area (Å²) in [6.45, 7) is 4.68. The molecule has 1 aliphatic heterocycles. The number of hydrogen-bond acceptors (Lipinski definition) is 4. The average molecular weight is 375 g/mol. The Bertz CT molecular complexity index is 743. The lowest BCUT2D eigenvalue weighted by Gasteiger charge is -2.37. The predicted molar refractivity (Wildman–Crippen MR) is 103 cm³/mol. The lowest BCUT2D eigenvalue weighted by atomic mass is 10.2. The number of carbonyl (C=O) groups is 1. The van der Waals surface area contributed by atoms with Gasteiger partial charge in [0.05, 0.1) is 7.11 Å². The van der Waals surface area contributed by atoms with E-state index in [-0.39, 0.29) is 5.91 Å². The third kappa shape index (κ3) is 4.41. The second-order valence-electron chi connectivity index (χ2n) is 6.23. The first-order chi connectivity index (χ1) is 12.6. The monoisotopic (exact) mass is 374 g/mol. The molecular weight excluding hydrogens is 352 g/mol. The Labute approximate surface area is 159 Å². The second kappa shape index (κ2) is 8.32. The van der Waals surface area contributed by atoms with Crippen LogP contribution in [0.1, 0.15) is 6.92 Å². The van der Waals surface area contributed by atoms with Gasteiger partial charge in [-0.1, -0.05) is 17.7 Å². The molecule has 0 unspecified atom stereocenters. The lowest BCUT2D eigenvalue weighted by Crippen LogP contribution is -2.52. The zero-order valence-electron chi connectivity index (χ0n) is 15.0. The Hall–Kier alpha value is -2.40. The van der Waals surface area contributed by atoms with Crippen LogP contribution in [-0.4, -0.2) is 50.2 Å². The van der Waals surface area contributed by atoms with Crippen LogP contribution in [0, 0.1) is 0 Å². The highest BCUT2D eigenvalue weighted by molar-refractivity contribution is 6.30. The average Bonchev–Trinajstić information content (AvgIpc) is 2.68. The van der Waals surface area contributed by atoms with Crippen LogP contribution >= 0.6 is 11.6 Å². The summed E-state index contributed by atoms with van der Waals surface area (Å²) in [7, 11) is 1.62. The number of methoxy groups -OCH3 is 1. The Morgan fingerprint density at radius 1 is 1.04 bits per heavy atom. The summed E-state index contributed by atoms with van der Waals surface area (Å²) >= 11 is 6.07. The maximum atomic E-state index is 12.7. The van der Waals surface area contributed by atoms with Gasteiger partial charge in [-0.05, 0) is 49.4 Å². The second-order valence-corrected chi connectivity index (χ2v) is 6.66. The van der Waals surface area contributed by atoms with Crippen LogP contribution in [0.2, 0.25) is 5.02 Å². The molecule has 0 radical (unpaired) electrons. The molecule has 2 aromatic carbocycles. The molecule has 1 amide bonds. The summed E-state index contributed by atoms with van der Waals surface area (Å²) in [6, 6.07) is 15.0. The quantitative estimate of drug-likeness (QED) is 0.803. The van der Waals surface area contributed by atoms with E-state index in [2.05, 4.69) is 4.90 Å². The van der Waals surface area contributed by atoms with E-state index in [1.165, 1.54) is 0 Å². The van der Waals surface area contributed by atoms with Crippen LogP contribution in [0.3, 0.4) is 0 Å². The van der Waals surface area contributed by atoms with Crippen LogP contribution in [0.5, 0.6) is 11.5 Å². The molecule has 0 bridgehead atoms. The molecule has 2 aromatic rings. The van der Waals surface area contributed by atoms with Gasteiger partial charge in [-0.15, -0.1) is 0 Å². The number of rotatable bonds is 5. The normalized spacial score (nSPS) is 15.5. The van der Waals surface area contributed by atoms with Crippen molar-refractivity contribution in [3.63, 3.8) is 0 Å². The number of halogens is 1. The molecule has 6 heteroatoms. The van der Waals surface area contributed by atoms with E-state index in [0.717, 1.165) is 29.5 Å². The molecule has 1 aliphatic rings. The van der Waals surface area contributed by atoms with Crippen molar-refractivity contribution in [2.24, 2.45) is 0 Å². The molecule has 26 heavy (non-hydrogen) atoms. The molecule has 0 spiro atoms. The van der Waals surface area contributed by atoms with Crippen molar-refractivity contribution in [1.29, 1.82) is 0 Å². The number of hydrogen-bond donors (Lipinski definition) is 0. The fraction of sp³-hybridized carbons (Fsp3) is 0.350. The van der Waals surface area contributed by atoms with Crippen molar-refractivity contribution in [3.8, 4) is 11.5 Å². The number of nitrogens with zero attached hydrogens (tertiary/aromatic N) is 2. The minimum atomic E-state index is -0.527. The van der Waals surface area contributed by atoms with Gasteiger partial charge in [-0.25, -0.2) is 0 Å². The van der Waals surface area contributed by atoms with Gasteiger partial charge in [0.15, 0.2) is 6.10 Å². The van der Waals surface area contributed by atoms with Crippen molar-refractivity contribution >= 4 is 23.2 Å². The van der Waals surface area contributed by atoms with Crippen LogP contribution < -0.4 is 14.4 Å². The van der Waals surface area contributed by atoms with Gasteiger partial charge in [0.2, 0.25) is 0 Å². The molecule has 0 aliphatic carbocycles. The molecule has 1 heterocycles. The maximum absolute atomic E-state index is 12.7. The Balaban J connectivity index is 1.53. The van der Waals surface area contributed by atoms with Gasteiger partial charge in [-0.2, -0.15) is 0 Å². The largest absolute Gasteiger partial charge is 0.497 e. The summed E-state index contributed by atoms with van der Waals surface area (Å²) in [5, 5.41) is 0.725. The molecule has 0 N–H and O–H groups in total. The number of amides is 1. The summed E-state index contributed by atoms with van der Waals surface area (Å²) in [6.07, 6.45) is -0.527. The van der Waals surface area contributed by atoms with E-state index in [1.54, 1.807) is 26.2 Å². The Kier molecular flexibility index (Phi) is 5.89. The number of benzene rings is 2. The first-order valence-electron chi connectivity index (χ1n) is 8.67. The summed E-state index contributed by atoms with van der Waals surface area (Å²) in [5.74, 6) is 1.42. The van der Waals surface area contributed by atoms with Crippen molar-refractivity contribution in [1.82, 2.24) is 4.90 Å². The number of piperazine rings is 1. The highest BCUT2D eigenvalue weighted by atomic mass is 35.5. The molecule has 0 aromatic heterocycles. The Morgan fingerprint density at radius 2 is 1.69 bits per heavy atom. The Morgan fingerprint density at radius 3 is 2.31 bits per heavy atom. The van der Waals surface area contributed by atoms with E-state index in [9.17, 15) is 4.79 Å². The van der Waals surface area contributed by atoms with Gasteiger partial charge >= 0.3 is 0 Å². The number of carbonyl (C=O) groups excluding carboxylic acids is 1. The third-order valence-corrected chi connectivity index (χ3v) is 4.72. The van der Waals surface area contributed by atoms with Gasteiger partial charge in [-0.3, -0.25) is 4.79 Å². The first-order valence-corrected chi connectivity index (χ1v) is 9.04.